The van der Waals surface area contributed by atoms with Crippen LogP contribution < -0.4 is 0 Å². The number of hydrogen-bond acceptors (Lipinski definition) is 8. The molecule has 0 aliphatic carbocycles. The van der Waals surface area contributed by atoms with Crippen LogP contribution in [0.15, 0.2) is 30.0 Å². The molecule has 2 saturated heterocycles. The zero-order chi connectivity index (χ0) is 44.6. The van der Waals surface area contributed by atoms with Crippen molar-refractivity contribution >= 4 is 42.8 Å². The van der Waals surface area contributed by atoms with Crippen LogP contribution >= 0.6 is 0 Å². The van der Waals surface area contributed by atoms with E-state index in [4.69, 9.17) is 18.0 Å². The summed E-state index contributed by atoms with van der Waals surface area (Å²) in [7, 11) is -6.26. The van der Waals surface area contributed by atoms with Crippen molar-refractivity contribution in [3.05, 3.63) is 35.7 Å². The van der Waals surface area contributed by atoms with Crippen molar-refractivity contribution in [3.8, 4) is 0 Å². The third kappa shape index (κ3) is 12.6. The van der Waals surface area contributed by atoms with E-state index in [0.29, 0.717) is 13.0 Å². The molecule has 0 N–H and O–H groups in total. The van der Waals surface area contributed by atoms with Crippen molar-refractivity contribution in [2.75, 3.05) is 13.2 Å². The van der Waals surface area contributed by atoms with Crippen LogP contribution in [0.5, 0.6) is 0 Å². The van der Waals surface area contributed by atoms with Crippen LogP contribution in [-0.2, 0) is 27.6 Å². The molecule has 2 aliphatic heterocycles. The van der Waals surface area contributed by atoms with Gasteiger partial charge in [-0.3, -0.25) is 19.5 Å². The van der Waals surface area contributed by atoms with Crippen LogP contribution in [0.3, 0.4) is 0 Å². The summed E-state index contributed by atoms with van der Waals surface area (Å²) in [5.41, 5.74) is 0.797. The van der Waals surface area contributed by atoms with E-state index in [0.717, 1.165) is 73.3 Å². The molecule has 0 saturated carbocycles. The molecule has 0 amide bonds. The number of carbonyl (C=O) groups is 2. The lowest BCUT2D eigenvalue weighted by Gasteiger charge is -2.44. The number of ketones is 1. The molecule has 338 valence electrons. The lowest BCUT2D eigenvalue weighted by atomic mass is 9.73. The van der Waals surface area contributed by atoms with Crippen LogP contribution in [0, 0.1) is 17.3 Å². The Kier molecular flexibility index (Phi) is 18.7. The van der Waals surface area contributed by atoms with Crippen LogP contribution in [0.1, 0.15) is 142 Å². The number of aromatic nitrogens is 1. The minimum Gasteiger partial charge on any atom is -0.458 e. The van der Waals surface area contributed by atoms with Gasteiger partial charge in [0, 0.05) is 48.7 Å². The van der Waals surface area contributed by atoms with E-state index in [9.17, 15) is 4.79 Å². The molecule has 8 atom stereocenters. The zero-order valence-electron chi connectivity index (χ0n) is 40.9. The SMILES string of the molecule is CC[Si](CC)(CC)O[C@H]1[C@@H](C)CCC[C@]2(C)[C@H](C[C@@H](/C(C)=C/c3ccccn3)OC(=O)C[C@H](O[Si](CC)(CC)CC)C(C)(C)C(=O)[C@@H]1C)N2CCO[Si](C)(C)C(C)(C)C. The summed E-state index contributed by atoms with van der Waals surface area (Å²) in [6.45, 7) is 39.4. The van der Waals surface area contributed by atoms with E-state index in [1.165, 1.54) is 0 Å². The number of esters is 1. The van der Waals surface area contributed by atoms with Crippen molar-refractivity contribution in [2.45, 2.75) is 220 Å². The summed E-state index contributed by atoms with van der Waals surface area (Å²) in [6.07, 6.45) is 6.31. The Hall–Kier alpha value is -1.48. The molecule has 2 fully saturated rings. The molecule has 0 bridgehead atoms. The summed E-state index contributed by atoms with van der Waals surface area (Å²) < 4.78 is 28.0. The molecule has 3 heterocycles. The van der Waals surface area contributed by atoms with Crippen LogP contribution in [0.4, 0.5) is 0 Å². The molecule has 59 heavy (non-hydrogen) atoms. The Bertz CT molecular complexity index is 1510. The first-order chi connectivity index (χ1) is 27.5. The highest BCUT2D eigenvalue weighted by atomic mass is 28.4. The zero-order valence-corrected chi connectivity index (χ0v) is 43.9. The van der Waals surface area contributed by atoms with Gasteiger partial charge in [-0.25, -0.2) is 0 Å². The van der Waals surface area contributed by atoms with Crippen LogP contribution in [-0.4, -0.2) is 89.6 Å². The van der Waals surface area contributed by atoms with E-state index in [-0.39, 0.29) is 52.7 Å². The lowest BCUT2D eigenvalue weighted by molar-refractivity contribution is -0.153. The van der Waals surface area contributed by atoms with Gasteiger partial charge in [0.05, 0.1) is 24.3 Å². The summed E-state index contributed by atoms with van der Waals surface area (Å²) in [5.74, 6) is -0.341. The van der Waals surface area contributed by atoms with Gasteiger partial charge in [0.1, 0.15) is 11.9 Å². The molecule has 1 aromatic rings. The second-order valence-electron chi connectivity index (χ2n) is 20.7. The van der Waals surface area contributed by atoms with Crippen LogP contribution in [0.25, 0.3) is 6.08 Å². The van der Waals surface area contributed by atoms with Gasteiger partial charge in [-0.2, -0.15) is 0 Å². The molecule has 0 radical (unpaired) electrons. The first-order valence-corrected chi connectivity index (χ1v) is 31.5. The minimum absolute atomic E-state index is 0.0260. The van der Waals surface area contributed by atoms with Crippen molar-refractivity contribution in [1.29, 1.82) is 0 Å². The number of fused-ring (bicyclic) bond motifs is 1. The molecule has 11 heteroatoms. The summed E-state index contributed by atoms with van der Waals surface area (Å²) in [4.78, 5) is 36.9. The van der Waals surface area contributed by atoms with Gasteiger partial charge in [0.2, 0.25) is 0 Å². The van der Waals surface area contributed by atoms with Gasteiger partial charge in [0.15, 0.2) is 25.0 Å². The summed E-state index contributed by atoms with van der Waals surface area (Å²) >= 11 is 0. The standard InChI is InChI=1S/C48H88N2O6Si3/c1-18-58(19-2,20-3)55-42-35-43(51)54-40(37(8)33-39-28-24-25-30-49-39)34-41-48(15,50(41)31-32-53-57(16,17)46(10,11)12)29-26-27-36(7)44(38(9)45(52)47(42,13)14)56-59(21-4,22-5)23-6/h24-25,28,30,33,36,38,40-42,44H,18-23,26-27,29,31-32,34-35H2,1-17H3/b37-33+/t36-,38+,40-,41-,42-,44-,48+,50?/m0/s1. The first-order valence-electron chi connectivity index (χ1n) is 23.5. The summed E-state index contributed by atoms with van der Waals surface area (Å²) in [6, 6.07) is 12.0. The molecule has 1 aromatic heterocycles. The average Bonchev–Trinajstić information content (AvgIpc) is 3.74. The maximum atomic E-state index is 15.2. The fourth-order valence-corrected chi connectivity index (χ4v) is 16.6. The lowest BCUT2D eigenvalue weighted by Crippen LogP contribution is -2.53. The van der Waals surface area contributed by atoms with Gasteiger partial charge in [-0.1, -0.05) is 102 Å². The van der Waals surface area contributed by atoms with Gasteiger partial charge in [-0.15, -0.1) is 0 Å². The Labute approximate surface area is 365 Å². The highest BCUT2D eigenvalue weighted by Gasteiger charge is 2.59. The highest BCUT2D eigenvalue weighted by molar-refractivity contribution is 6.74. The van der Waals surface area contributed by atoms with Gasteiger partial charge in [0.25, 0.3) is 0 Å². The Morgan fingerprint density at radius 2 is 1.51 bits per heavy atom. The average molecular weight is 873 g/mol. The molecule has 2 aliphatic rings. The van der Waals surface area contributed by atoms with Gasteiger partial charge >= 0.3 is 5.97 Å². The molecular weight excluding hydrogens is 785 g/mol. The number of cyclic esters (lactones) is 1. The number of Topliss-reactive ketones (excluding diaryl/α,β-unsaturated/α-hetero) is 1. The molecule has 0 spiro atoms. The van der Waals surface area contributed by atoms with E-state index < -0.39 is 42.6 Å². The third-order valence-corrected chi connectivity index (χ3v) is 29.6. The number of carbonyl (C=O) groups excluding carboxylic acids is 2. The molecule has 3 rings (SSSR count). The number of pyridine rings is 1. The maximum Gasteiger partial charge on any atom is 0.309 e. The Morgan fingerprint density at radius 3 is 2.03 bits per heavy atom. The van der Waals surface area contributed by atoms with E-state index in [2.05, 4.69) is 119 Å². The van der Waals surface area contributed by atoms with E-state index >= 15 is 4.79 Å². The van der Waals surface area contributed by atoms with E-state index in [1.807, 2.05) is 32.0 Å². The third-order valence-electron chi connectivity index (χ3n) is 15.8. The molecule has 0 aromatic carbocycles. The smallest absolute Gasteiger partial charge is 0.309 e. The fourth-order valence-electron chi connectivity index (χ4n) is 9.56. The second-order valence-corrected chi connectivity index (χ2v) is 34.9. The molecule has 8 nitrogen and oxygen atoms in total. The van der Waals surface area contributed by atoms with Gasteiger partial charge < -0.3 is 18.0 Å². The number of rotatable bonds is 16. The largest absolute Gasteiger partial charge is 0.458 e. The van der Waals surface area contributed by atoms with Crippen molar-refractivity contribution in [3.63, 3.8) is 0 Å². The minimum atomic E-state index is -2.26. The first kappa shape index (κ1) is 51.9. The number of nitrogens with zero attached hydrogens (tertiary/aromatic N) is 2. The quantitative estimate of drug-likeness (QED) is 0.0922. The fraction of sp³-hybridized carbons (Fsp3) is 0.812. The van der Waals surface area contributed by atoms with Crippen LogP contribution in [0.2, 0.25) is 54.4 Å². The second kappa shape index (κ2) is 21.3. The monoisotopic (exact) mass is 873 g/mol. The van der Waals surface area contributed by atoms with E-state index in [1.54, 1.807) is 6.20 Å². The van der Waals surface area contributed by atoms with Crippen molar-refractivity contribution < 1.29 is 27.6 Å². The Balaban J connectivity index is 2.16. The predicted molar refractivity (Wildman–Crippen MR) is 254 cm³/mol. The highest BCUT2D eigenvalue weighted by Crippen LogP contribution is 2.49. The number of hydrogen-bond donors (Lipinski definition) is 0. The molecular formula is C48H88N2O6Si3. The van der Waals surface area contributed by atoms with Crippen molar-refractivity contribution in [2.24, 2.45) is 17.3 Å². The Morgan fingerprint density at radius 1 is 0.932 bits per heavy atom. The van der Waals surface area contributed by atoms with Gasteiger partial charge in [-0.05, 0) is 111 Å². The normalized spacial score (nSPS) is 29.5. The predicted octanol–water partition coefficient (Wildman–Crippen LogP) is 12.5. The topological polar surface area (TPSA) is 87.0 Å². The summed E-state index contributed by atoms with van der Waals surface area (Å²) in [5, 5.41) is 0.135. The maximum absolute atomic E-state index is 15.2. The number of ether oxygens (including phenoxy) is 1. The molecule has 1 unspecified atom stereocenters. The van der Waals surface area contributed by atoms with Crippen molar-refractivity contribution in [1.82, 2.24) is 9.88 Å².